The lowest BCUT2D eigenvalue weighted by atomic mass is 9.96. The van der Waals surface area contributed by atoms with Gasteiger partial charge < -0.3 is 4.74 Å². The van der Waals surface area contributed by atoms with Crippen molar-refractivity contribution in [2.45, 2.75) is 31.5 Å². The summed E-state index contributed by atoms with van der Waals surface area (Å²) in [4.78, 5) is 0. The van der Waals surface area contributed by atoms with E-state index in [-0.39, 0.29) is 11.9 Å². The Morgan fingerprint density at radius 1 is 1.33 bits per heavy atom. The van der Waals surface area contributed by atoms with Crippen LogP contribution in [0.5, 0.6) is 0 Å². The van der Waals surface area contributed by atoms with Gasteiger partial charge in [-0.25, -0.2) is 0 Å². The molecule has 1 aliphatic carbocycles. The van der Waals surface area contributed by atoms with Crippen molar-refractivity contribution in [2.24, 2.45) is 0 Å². The van der Waals surface area contributed by atoms with Crippen LogP contribution in [0.25, 0.3) is 0 Å². The smallest absolute Gasteiger partial charge is 0.416 e. The minimum atomic E-state index is -4.40. The normalized spacial score (nSPS) is 18.2. The van der Waals surface area contributed by atoms with E-state index in [1.807, 2.05) is 0 Å². The molecule has 1 rings (SSSR count). The molecule has 0 saturated heterocycles. The Hall–Kier alpha value is -1.19. The molecule has 0 amide bonds. The largest absolute Gasteiger partial charge is 0.491 e. The van der Waals surface area contributed by atoms with Gasteiger partial charge in [-0.2, -0.15) is 13.2 Å². The molecule has 4 heteroatoms. The van der Waals surface area contributed by atoms with Crippen LogP contribution in [0.4, 0.5) is 13.2 Å². The summed E-state index contributed by atoms with van der Waals surface area (Å²) in [5, 5.41) is 0. The maximum absolute atomic E-state index is 12.3. The molecule has 0 N–H and O–H groups in total. The zero-order chi connectivity index (χ0) is 11.5. The fourth-order valence-corrected chi connectivity index (χ4v) is 1.17. The Labute approximate surface area is 86.9 Å². The highest BCUT2D eigenvalue weighted by atomic mass is 19.4. The first kappa shape index (κ1) is 11.9. The average molecular weight is 218 g/mol. The van der Waals surface area contributed by atoms with Gasteiger partial charge in [0.15, 0.2) is 0 Å². The van der Waals surface area contributed by atoms with Crippen LogP contribution < -0.4 is 0 Å². The van der Waals surface area contributed by atoms with Gasteiger partial charge in [0.1, 0.15) is 5.76 Å². The molecule has 1 aliphatic rings. The van der Waals surface area contributed by atoms with E-state index in [0.29, 0.717) is 0 Å². The summed E-state index contributed by atoms with van der Waals surface area (Å²) in [5.41, 5.74) is -0.827. The Bertz CT molecular complexity index is 285. The van der Waals surface area contributed by atoms with Gasteiger partial charge in [0.05, 0.1) is 11.7 Å². The minimum Gasteiger partial charge on any atom is -0.491 e. The molecule has 0 bridgehead atoms. The van der Waals surface area contributed by atoms with Crippen LogP contribution in [0.15, 0.2) is 36.6 Å². The number of hydrogen-bond donors (Lipinski definition) is 0. The Balaban J connectivity index is 2.58. The monoisotopic (exact) mass is 218 g/mol. The molecular weight excluding hydrogens is 205 g/mol. The van der Waals surface area contributed by atoms with E-state index < -0.39 is 11.7 Å². The Kier molecular flexibility index (Phi) is 3.61. The van der Waals surface area contributed by atoms with Crippen molar-refractivity contribution >= 4 is 0 Å². The van der Waals surface area contributed by atoms with Crippen molar-refractivity contribution in [3.63, 3.8) is 0 Å². The van der Waals surface area contributed by atoms with Crippen LogP contribution in [-0.4, -0.2) is 12.3 Å². The van der Waals surface area contributed by atoms with E-state index >= 15 is 0 Å². The number of ether oxygens (including phenoxy) is 1. The lowest BCUT2D eigenvalue weighted by Gasteiger charge is -2.26. The van der Waals surface area contributed by atoms with E-state index in [2.05, 4.69) is 13.2 Å². The van der Waals surface area contributed by atoms with Crippen molar-refractivity contribution in [3.8, 4) is 0 Å². The van der Waals surface area contributed by atoms with Gasteiger partial charge in [-0.05, 0) is 25.3 Å². The topological polar surface area (TPSA) is 9.23 Å². The van der Waals surface area contributed by atoms with Crippen LogP contribution in [-0.2, 0) is 4.74 Å². The van der Waals surface area contributed by atoms with E-state index in [0.717, 1.165) is 31.4 Å². The first-order chi connectivity index (χ1) is 6.93. The Morgan fingerprint density at radius 3 is 2.27 bits per heavy atom. The zero-order valence-electron chi connectivity index (χ0n) is 8.31. The van der Waals surface area contributed by atoms with E-state index in [1.165, 1.54) is 0 Å². The molecule has 0 atom stereocenters. The summed E-state index contributed by atoms with van der Waals surface area (Å²) in [7, 11) is 0. The van der Waals surface area contributed by atoms with Gasteiger partial charge in [-0.3, -0.25) is 0 Å². The van der Waals surface area contributed by atoms with Gasteiger partial charge in [-0.15, -0.1) is 0 Å². The second-order valence-corrected chi connectivity index (χ2v) is 3.44. The van der Waals surface area contributed by atoms with Crippen LogP contribution in [0.3, 0.4) is 0 Å². The lowest BCUT2D eigenvalue weighted by molar-refractivity contribution is -0.0886. The summed E-state index contributed by atoms with van der Waals surface area (Å²) in [5.74, 6) is 0.0481. The van der Waals surface area contributed by atoms with Gasteiger partial charge >= 0.3 is 6.18 Å². The summed E-state index contributed by atoms with van der Waals surface area (Å²) in [6, 6.07) is 0. The highest BCUT2D eigenvalue weighted by molar-refractivity contribution is 5.28. The highest BCUT2D eigenvalue weighted by Gasteiger charge is 2.31. The van der Waals surface area contributed by atoms with Crippen molar-refractivity contribution in [2.75, 3.05) is 0 Å². The van der Waals surface area contributed by atoms with E-state index in [4.69, 9.17) is 4.74 Å². The summed E-state index contributed by atoms with van der Waals surface area (Å²) in [6.45, 7) is 6.54. The van der Waals surface area contributed by atoms with Gasteiger partial charge in [0.25, 0.3) is 0 Å². The molecule has 84 valence electrons. The van der Waals surface area contributed by atoms with E-state index in [1.54, 1.807) is 0 Å². The summed E-state index contributed by atoms with van der Waals surface area (Å²) in [6.07, 6.45) is 0.127. The second-order valence-electron chi connectivity index (χ2n) is 3.44. The molecule has 1 fully saturated rings. The van der Waals surface area contributed by atoms with Crippen LogP contribution >= 0.6 is 0 Å². The van der Waals surface area contributed by atoms with Crippen LogP contribution in [0, 0.1) is 0 Å². The van der Waals surface area contributed by atoms with Gasteiger partial charge in [-0.1, -0.05) is 19.2 Å². The SMILES string of the molecule is C=C/C(=C\C(=C)OC1CCC1)C(F)(F)F. The molecular formula is C11H13F3O. The minimum absolute atomic E-state index is 0.0352. The van der Waals surface area contributed by atoms with Gasteiger partial charge in [0, 0.05) is 0 Å². The Morgan fingerprint density at radius 2 is 1.93 bits per heavy atom. The van der Waals surface area contributed by atoms with Crippen molar-refractivity contribution < 1.29 is 17.9 Å². The maximum Gasteiger partial charge on any atom is 0.416 e. The quantitative estimate of drug-likeness (QED) is 0.516. The fraction of sp³-hybridized carbons (Fsp3) is 0.455. The van der Waals surface area contributed by atoms with Crippen LogP contribution in [0.2, 0.25) is 0 Å². The average Bonchev–Trinajstić information content (AvgIpc) is 2.05. The van der Waals surface area contributed by atoms with E-state index in [9.17, 15) is 13.2 Å². The lowest BCUT2D eigenvalue weighted by Crippen LogP contribution is -2.21. The third-order valence-electron chi connectivity index (χ3n) is 2.23. The molecule has 0 radical (unpaired) electrons. The first-order valence-electron chi connectivity index (χ1n) is 4.70. The summed E-state index contributed by atoms with van der Waals surface area (Å²) < 4.78 is 42.0. The zero-order valence-corrected chi connectivity index (χ0v) is 8.31. The second kappa shape index (κ2) is 4.55. The van der Waals surface area contributed by atoms with Crippen LogP contribution in [0.1, 0.15) is 19.3 Å². The fourth-order valence-electron chi connectivity index (χ4n) is 1.17. The van der Waals surface area contributed by atoms with Crippen molar-refractivity contribution in [1.29, 1.82) is 0 Å². The van der Waals surface area contributed by atoms with Gasteiger partial charge in [0.2, 0.25) is 0 Å². The highest BCUT2D eigenvalue weighted by Crippen LogP contribution is 2.29. The third-order valence-corrected chi connectivity index (χ3v) is 2.23. The molecule has 1 nitrogen and oxygen atoms in total. The molecule has 15 heavy (non-hydrogen) atoms. The molecule has 0 aliphatic heterocycles. The molecule has 0 spiro atoms. The number of alkyl halides is 3. The molecule has 0 aromatic heterocycles. The number of hydrogen-bond acceptors (Lipinski definition) is 1. The summed E-state index contributed by atoms with van der Waals surface area (Å²) >= 11 is 0. The number of halogens is 3. The molecule has 0 unspecified atom stereocenters. The third kappa shape index (κ3) is 3.46. The predicted molar refractivity (Wildman–Crippen MR) is 52.2 cm³/mol. The molecule has 0 aromatic rings. The molecule has 0 aromatic carbocycles. The van der Waals surface area contributed by atoms with Crippen molar-refractivity contribution in [1.82, 2.24) is 0 Å². The number of rotatable bonds is 4. The molecule has 1 saturated carbocycles. The predicted octanol–water partition coefficient (Wildman–Crippen LogP) is 3.74. The maximum atomic E-state index is 12.3. The van der Waals surface area contributed by atoms with Crippen molar-refractivity contribution in [3.05, 3.63) is 36.6 Å². The first-order valence-corrected chi connectivity index (χ1v) is 4.70. The standard InChI is InChI=1S/C11H13F3O/c1-3-9(11(12,13)14)7-8(2)15-10-5-4-6-10/h3,7,10H,1-2,4-6H2/b9-7+. The number of allylic oxidation sites excluding steroid dienone is 3. The molecule has 0 heterocycles.